The van der Waals surface area contributed by atoms with Gasteiger partial charge < -0.3 is 4.98 Å². The van der Waals surface area contributed by atoms with Crippen LogP contribution in [0.2, 0.25) is 4.34 Å². The summed E-state index contributed by atoms with van der Waals surface area (Å²) in [7, 11) is -3.51. The maximum absolute atomic E-state index is 12.1. The summed E-state index contributed by atoms with van der Waals surface area (Å²) < 4.78 is 27.3. The summed E-state index contributed by atoms with van der Waals surface area (Å²) in [6.07, 6.45) is 4.28. The molecule has 1 aliphatic carbocycles. The number of imidazole rings is 1. The van der Waals surface area contributed by atoms with Crippen LogP contribution in [0.15, 0.2) is 16.3 Å². The number of sulfonamides is 1. The van der Waals surface area contributed by atoms with Crippen molar-refractivity contribution in [1.29, 1.82) is 0 Å². The molecule has 108 valence electrons. The zero-order chi connectivity index (χ0) is 14.2. The van der Waals surface area contributed by atoms with E-state index in [-0.39, 0.29) is 10.8 Å². The molecule has 0 radical (unpaired) electrons. The molecular weight excluding hydrogens is 318 g/mol. The van der Waals surface area contributed by atoms with Gasteiger partial charge in [0.25, 0.3) is 10.0 Å². The Morgan fingerprint density at radius 3 is 2.85 bits per heavy atom. The van der Waals surface area contributed by atoms with Crippen LogP contribution in [-0.2, 0) is 29.4 Å². The summed E-state index contributed by atoms with van der Waals surface area (Å²) in [6, 6.07) is 3.08. The van der Waals surface area contributed by atoms with E-state index in [0.717, 1.165) is 48.4 Å². The molecule has 2 N–H and O–H groups in total. The molecule has 8 heteroatoms. The van der Waals surface area contributed by atoms with E-state index in [9.17, 15) is 8.42 Å². The van der Waals surface area contributed by atoms with Gasteiger partial charge >= 0.3 is 0 Å². The van der Waals surface area contributed by atoms with E-state index in [0.29, 0.717) is 10.2 Å². The number of thiophene rings is 1. The lowest BCUT2D eigenvalue weighted by Gasteiger charge is -2.07. The van der Waals surface area contributed by atoms with Crippen molar-refractivity contribution in [2.75, 3.05) is 0 Å². The molecule has 0 saturated heterocycles. The van der Waals surface area contributed by atoms with Gasteiger partial charge in [-0.2, -0.15) is 0 Å². The van der Waals surface area contributed by atoms with Crippen LogP contribution >= 0.6 is 22.9 Å². The van der Waals surface area contributed by atoms with Crippen LogP contribution in [0.25, 0.3) is 0 Å². The minimum absolute atomic E-state index is 0.171. The van der Waals surface area contributed by atoms with Gasteiger partial charge in [-0.25, -0.2) is 18.1 Å². The summed E-state index contributed by atoms with van der Waals surface area (Å²) in [4.78, 5) is 7.65. The molecule has 3 rings (SSSR count). The average Bonchev–Trinajstić information content (AvgIpc) is 3.02. The molecule has 2 aromatic rings. The molecule has 0 spiro atoms. The zero-order valence-electron chi connectivity index (χ0n) is 10.6. The third-order valence-electron chi connectivity index (χ3n) is 3.25. The summed E-state index contributed by atoms with van der Waals surface area (Å²) in [5.74, 6) is 0.670. The number of aromatic nitrogens is 2. The maximum Gasteiger partial charge on any atom is 0.250 e. The van der Waals surface area contributed by atoms with Gasteiger partial charge in [0.15, 0.2) is 0 Å². The van der Waals surface area contributed by atoms with Crippen LogP contribution in [0.3, 0.4) is 0 Å². The fourth-order valence-electron chi connectivity index (χ4n) is 2.27. The fraction of sp³-hybridized carbons (Fsp3) is 0.417. The van der Waals surface area contributed by atoms with E-state index in [1.165, 1.54) is 6.07 Å². The maximum atomic E-state index is 12.1. The van der Waals surface area contributed by atoms with Crippen molar-refractivity contribution >= 4 is 33.0 Å². The second-order valence-electron chi connectivity index (χ2n) is 4.70. The number of hydrogen-bond donors (Lipinski definition) is 2. The van der Waals surface area contributed by atoms with Gasteiger partial charge in [-0.1, -0.05) is 11.6 Å². The van der Waals surface area contributed by atoms with Crippen LogP contribution in [0.4, 0.5) is 0 Å². The number of rotatable bonds is 4. The van der Waals surface area contributed by atoms with Gasteiger partial charge in [0.2, 0.25) is 0 Å². The van der Waals surface area contributed by atoms with E-state index >= 15 is 0 Å². The third-order valence-corrected chi connectivity index (χ3v) is 6.37. The Bertz CT molecular complexity index is 697. The second-order valence-corrected chi connectivity index (χ2v) is 8.41. The third kappa shape index (κ3) is 2.90. The van der Waals surface area contributed by atoms with Gasteiger partial charge in [0.05, 0.1) is 16.6 Å². The molecule has 5 nitrogen and oxygen atoms in total. The Morgan fingerprint density at radius 1 is 1.35 bits per heavy atom. The van der Waals surface area contributed by atoms with Crippen LogP contribution in [0.5, 0.6) is 0 Å². The van der Waals surface area contributed by atoms with Crippen LogP contribution in [0.1, 0.15) is 30.1 Å². The highest BCUT2D eigenvalue weighted by Crippen LogP contribution is 2.25. The normalized spacial score (nSPS) is 15.2. The van der Waals surface area contributed by atoms with Crippen molar-refractivity contribution < 1.29 is 8.42 Å². The quantitative estimate of drug-likeness (QED) is 0.903. The number of aromatic amines is 1. The molecule has 1 aliphatic rings. The van der Waals surface area contributed by atoms with Crippen molar-refractivity contribution in [2.24, 2.45) is 0 Å². The van der Waals surface area contributed by atoms with Gasteiger partial charge in [0, 0.05) is 5.69 Å². The molecule has 0 unspecified atom stereocenters. The zero-order valence-corrected chi connectivity index (χ0v) is 13.0. The molecule has 0 atom stereocenters. The Balaban J connectivity index is 1.71. The highest BCUT2D eigenvalue weighted by molar-refractivity contribution is 7.91. The number of aryl methyl sites for hydroxylation is 2. The van der Waals surface area contributed by atoms with Gasteiger partial charge in [-0.15, -0.1) is 11.3 Å². The van der Waals surface area contributed by atoms with Gasteiger partial charge in [0.1, 0.15) is 10.0 Å². The van der Waals surface area contributed by atoms with Crippen molar-refractivity contribution in [1.82, 2.24) is 14.7 Å². The van der Waals surface area contributed by atoms with Gasteiger partial charge in [-0.3, -0.25) is 0 Å². The van der Waals surface area contributed by atoms with E-state index < -0.39 is 10.0 Å². The van der Waals surface area contributed by atoms with Crippen molar-refractivity contribution in [3.63, 3.8) is 0 Å². The molecule has 2 heterocycles. The number of fused-ring (bicyclic) bond motifs is 1. The molecule has 0 saturated carbocycles. The first-order valence-electron chi connectivity index (χ1n) is 6.36. The second kappa shape index (κ2) is 5.48. The lowest BCUT2D eigenvalue weighted by molar-refractivity contribution is 0.581. The van der Waals surface area contributed by atoms with E-state index in [1.54, 1.807) is 6.07 Å². The van der Waals surface area contributed by atoms with Crippen molar-refractivity contribution in [3.8, 4) is 0 Å². The van der Waals surface area contributed by atoms with Gasteiger partial charge in [-0.05, 0) is 37.8 Å². The summed E-state index contributed by atoms with van der Waals surface area (Å²) in [6.45, 7) is 0.171. The smallest absolute Gasteiger partial charge is 0.250 e. The topological polar surface area (TPSA) is 74.8 Å². The van der Waals surface area contributed by atoms with Crippen LogP contribution in [-0.4, -0.2) is 18.4 Å². The Kier molecular flexibility index (Phi) is 3.85. The standard InChI is InChI=1S/C12H14ClN3O2S2/c13-10-5-6-12(19-10)20(17,18)14-7-11-15-8-3-1-2-4-9(8)16-11/h5-6,14H,1-4,7H2,(H,15,16). The Labute approximate surface area is 126 Å². The van der Waals surface area contributed by atoms with Crippen molar-refractivity contribution in [2.45, 2.75) is 36.4 Å². The number of nitrogens with one attached hydrogen (secondary N) is 2. The fourth-order valence-corrected chi connectivity index (χ4v) is 4.79. The first kappa shape index (κ1) is 14.1. The SMILES string of the molecule is O=S(=O)(NCc1nc2c([nH]1)CCCC2)c1ccc(Cl)s1. The van der Waals surface area contributed by atoms with Crippen LogP contribution in [0, 0.1) is 0 Å². The first-order chi connectivity index (χ1) is 9.54. The predicted molar refractivity (Wildman–Crippen MR) is 78.6 cm³/mol. The molecule has 0 aromatic carbocycles. The lowest BCUT2D eigenvalue weighted by atomic mass is 10.0. The summed E-state index contributed by atoms with van der Waals surface area (Å²) >= 11 is 6.80. The highest BCUT2D eigenvalue weighted by atomic mass is 35.5. The molecular formula is C12H14ClN3O2S2. The summed E-state index contributed by atoms with van der Waals surface area (Å²) in [5.41, 5.74) is 2.22. The van der Waals surface area contributed by atoms with Crippen molar-refractivity contribution in [3.05, 3.63) is 33.7 Å². The molecule has 0 fully saturated rings. The largest absolute Gasteiger partial charge is 0.345 e. The summed E-state index contributed by atoms with van der Waals surface area (Å²) in [5, 5.41) is 0. The molecule has 2 aromatic heterocycles. The average molecular weight is 332 g/mol. The van der Waals surface area contributed by atoms with E-state index in [2.05, 4.69) is 14.7 Å². The van der Waals surface area contributed by atoms with E-state index in [1.807, 2.05) is 0 Å². The number of halogens is 1. The highest BCUT2D eigenvalue weighted by Gasteiger charge is 2.18. The molecule has 0 bridgehead atoms. The monoisotopic (exact) mass is 331 g/mol. The number of nitrogens with zero attached hydrogens (tertiary/aromatic N) is 1. The molecule has 0 aliphatic heterocycles. The van der Waals surface area contributed by atoms with E-state index in [4.69, 9.17) is 11.6 Å². The Hall–Kier alpha value is -0.890. The Morgan fingerprint density at radius 2 is 2.15 bits per heavy atom. The van der Waals surface area contributed by atoms with Crippen LogP contribution < -0.4 is 4.72 Å². The minimum Gasteiger partial charge on any atom is -0.345 e. The number of H-pyrrole nitrogens is 1. The lowest BCUT2D eigenvalue weighted by Crippen LogP contribution is -2.23. The predicted octanol–water partition coefficient (Wildman–Crippen LogP) is 2.48. The first-order valence-corrected chi connectivity index (χ1v) is 9.04. The minimum atomic E-state index is -3.51. The molecule has 0 amide bonds. The molecule has 20 heavy (non-hydrogen) atoms. The number of hydrogen-bond acceptors (Lipinski definition) is 4.